The van der Waals surface area contributed by atoms with Gasteiger partial charge in [-0.1, -0.05) is 6.07 Å². The van der Waals surface area contributed by atoms with Gasteiger partial charge in [0.25, 0.3) is 15.9 Å². The summed E-state index contributed by atoms with van der Waals surface area (Å²) in [5.74, 6) is -0.383. The number of primary sulfonamides is 1. The van der Waals surface area contributed by atoms with Gasteiger partial charge in [-0.15, -0.1) is 0 Å². The SMILES string of the molecule is Cc1cccnc1NC(=O)c1ccc(S(N)(=O)=O)o1. The molecule has 8 heteroatoms. The van der Waals surface area contributed by atoms with E-state index in [0.717, 1.165) is 11.6 Å². The second-order valence-corrected chi connectivity index (χ2v) is 5.28. The molecule has 2 heterocycles. The van der Waals surface area contributed by atoms with Crippen LogP contribution in [0.5, 0.6) is 0 Å². The summed E-state index contributed by atoms with van der Waals surface area (Å²) in [6, 6.07) is 5.86. The predicted molar refractivity (Wildman–Crippen MR) is 67.0 cm³/mol. The number of sulfonamides is 1. The van der Waals surface area contributed by atoms with Crippen molar-refractivity contribution in [3.63, 3.8) is 0 Å². The van der Waals surface area contributed by atoms with Crippen molar-refractivity contribution < 1.29 is 17.6 Å². The smallest absolute Gasteiger partial charge is 0.292 e. The van der Waals surface area contributed by atoms with Gasteiger partial charge in [-0.2, -0.15) is 0 Å². The van der Waals surface area contributed by atoms with Crippen LogP contribution < -0.4 is 10.5 Å². The van der Waals surface area contributed by atoms with E-state index in [1.54, 1.807) is 19.1 Å². The molecule has 19 heavy (non-hydrogen) atoms. The van der Waals surface area contributed by atoms with E-state index in [9.17, 15) is 13.2 Å². The van der Waals surface area contributed by atoms with Crippen LogP contribution in [-0.2, 0) is 10.0 Å². The van der Waals surface area contributed by atoms with E-state index >= 15 is 0 Å². The molecule has 0 fully saturated rings. The van der Waals surface area contributed by atoms with E-state index < -0.39 is 21.0 Å². The summed E-state index contributed by atoms with van der Waals surface area (Å²) < 4.78 is 26.9. The van der Waals surface area contributed by atoms with Crippen LogP contribution >= 0.6 is 0 Å². The molecule has 0 aliphatic carbocycles. The van der Waals surface area contributed by atoms with Gasteiger partial charge in [-0.3, -0.25) is 4.79 Å². The number of hydrogen-bond acceptors (Lipinski definition) is 5. The lowest BCUT2D eigenvalue weighted by molar-refractivity contribution is 0.0991. The number of rotatable bonds is 3. The fraction of sp³-hybridized carbons (Fsp3) is 0.0909. The first kappa shape index (κ1) is 13.2. The number of nitrogens with one attached hydrogen (secondary N) is 1. The fourth-order valence-corrected chi connectivity index (χ4v) is 1.84. The Morgan fingerprint density at radius 2 is 2.11 bits per heavy atom. The monoisotopic (exact) mass is 281 g/mol. The Morgan fingerprint density at radius 1 is 1.37 bits per heavy atom. The molecule has 0 saturated heterocycles. The first-order valence-electron chi connectivity index (χ1n) is 5.23. The van der Waals surface area contributed by atoms with Crippen LogP contribution in [0.15, 0.2) is 40.0 Å². The number of nitrogens with two attached hydrogens (primary N) is 1. The van der Waals surface area contributed by atoms with Gasteiger partial charge in [0.2, 0.25) is 5.09 Å². The molecule has 3 N–H and O–H groups in total. The second-order valence-electron chi connectivity index (χ2n) is 3.79. The van der Waals surface area contributed by atoms with Crippen molar-refractivity contribution in [1.82, 2.24) is 4.98 Å². The van der Waals surface area contributed by atoms with Crippen molar-refractivity contribution in [2.75, 3.05) is 5.32 Å². The lowest BCUT2D eigenvalue weighted by Gasteiger charge is -2.04. The molecule has 0 spiro atoms. The van der Waals surface area contributed by atoms with Crippen LogP contribution in [0, 0.1) is 6.92 Å². The average Bonchev–Trinajstić information content (AvgIpc) is 2.81. The Labute approximate surface area is 109 Å². The molecule has 0 saturated carbocycles. The maximum atomic E-state index is 11.8. The Kier molecular flexibility index (Phi) is 3.36. The van der Waals surface area contributed by atoms with E-state index in [1.165, 1.54) is 12.3 Å². The molecular formula is C11H11N3O4S. The molecule has 100 valence electrons. The van der Waals surface area contributed by atoms with Crippen LogP contribution in [0.1, 0.15) is 16.1 Å². The number of carbonyl (C=O) groups is 1. The lowest BCUT2D eigenvalue weighted by atomic mass is 10.3. The van der Waals surface area contributed by atoms with Crippen molar-refractivity contribution in [3.05, 3.63) is 41.8 Å². The summed E-state index contributed by atoms with van der Waals surface area (Å²) in [6.07, 6.45) is 1.53. The van der Waals surface area contributed by atoms with E-state index in [4.69, 9.17) is 9.56 Å². The van der Waals surface area contributed by atoms with Crippen molar-refractivity contribution in [2.45, 2.75) is 12.0 Å². The molecule has 0 unspecified atom stereocenters. The highest BCUT2D eigenvalue weighted by Gasteiger charge is 2.18. The van der Waals surface area contributed by atoms with Gasteiger partial charge < -0.3 is 9.73 Å². The number of nitrogens with zero attached hydrogens (tertiary/aromatic N) is 1. The molecule has 2 rings (SSSR count). The van der Waals surface area contributed by atoms with Crippen molar-refractivity contribution in [2.24, 2.45) is 5.14 Å². The van der Waals surface area contributed by atoms with Crippen LogP contribution in [0.3, 0.4) is 0 Å². The molecule has 2 aromatic heterocycles. The number of furan rings is 1. The Hall–Kier alpha value is -2.19. The van der Waals surface area contributed by atoms with Gasteiger partial charge in [0.15, 0.2) is 5.76 Å². The van der Waals surface area contributed by atoms with Crippen molar-refractivity contribution in [1.29, 1.82) is 0 Å². The number of aromatic nitrogens is 1. The highest BCUT2D eigenvalue weighted by molar-refractivity contribution is 7.89. The number of hydrogen-bond donors (Lipinski definition) is 2. The van der Waals surface area contributed by atoms with Crippen LogP contribution in [0.25, 0.3) is 0 Å². The molecule has 0 aliphatic heterocycles. The summed E-state index contributed by atoms with van der Waals surface area (Å²) in [5.41, 5.74) is 0.772. The third kappa shape index (κ3) is 2.98. The summed E-state index contributed by atoms with van der Waals surface area (Å²) >= 11 is 0. The molecule has 0 aliphatic rings. The summed E-state index contributed by atoms with van der Waals surface area (Å²) in [6.45, 7) is 1.78. The number of carbonyl (C=O) groups excluding carboxylic acids is 1. The highest BCUT2D eigenvalue weighted by atomic mass is 32.2. The zero-order chi connectivity index (χ0) is 14.0. The van der Waals surface area contributed by atoms with Crippen molar-refractivity contribution in [3.8, 4) is 0 Å². The number of anilines is 1. The highest BCUT2D eigenvalue weighted by Crippen LogP contribution is 2.15. The topological polar surface area (TPSA) is 115 Å². The predicted octanol–water partition coefficient (Wildman–Crippen LogP) is 0.883. The lowest BCUT2D eigenvalue weighted by Crippen LogP contribution is -2.14. The maximum absolute atomic E-state index is 11.8. The third-order valence-corrected chi connectivity index (χ3v) is 3.11. The fourth-order valence-electron chi connectivity index (χ4n) is 1.38. The molecule has 1 amide bonds. The van der Waals surface area contributed by atoms with Crippen LogP contribution in [-0.4, -0.2) is 19.3 Å². The van der Waals surface area contributed by atoms with E-state index in [2.05, 4.69) is 10.3 Å². The zero-order valence-electron chi connectivity index (χ0n) is 9.95. The van der Waals surface area contributed by atoms with Gasteiger partial charge in [0.1, 0.15) is 5.82 Å². The largest absolute Gasteiger partial charge is 0.438 e. The van der Waals surface area contributed by atoms with E-state index in [0.29, 0.717) is 5.82 Å². The minimum absolute atomic E-state index is 0.158. The van der Waals surface area contributed by atoms with E-state index in [-0.39, 0.29) is 5.76 Å². The molecule has 0 radical (unpaired) electrons. The Bertz CT molecular complexity index is 721. The van der Waals surface area contributed by atoms with Gasteiger partial charge in [-0.05, 0) is 30.7 Å². The third-order valence-electron chi connectivity index (χ3n) is 2.33. The van der Waals surface area contributed by atoms with Gasteiger partial charge in [-0.25, -0.2) is 18.5 Å². The number of aryl methyl sites for hydroxylation is 1. The minimum Gasteiger partial charge on any atom is -0.438 e. The van der Waals surface area contributed by atoms with Crippen LogP contribution in [0.2, 0.25) is 0 Å². The molecule has 0 atom stereocenters. The number of amides is 1. The van der Waals surface area contributed by atoms with Gasteiger partial charge in [0, 0.05) is 6.20 Å². The maximum Gasteiger partial charge on any atom is 0.292 e. The summed E-state index contributed by atoms with van der Waals surface area (Å²) in [5, 5.41) is 6.93. The summed E-state index contributed by atoms with van der Waals surface area (Å²) in [4.78, 5) is 15.8. The molecule has 0 bridgehead atoms. The standard InChI is InChI=1S/C11H11N3O4S/c1-7-3-2-6-13-10(7)14-11(15)8-4-5-9(18-8)19(12,16)17/h2-6H,1H3,(H2,12,16,17)(H,13,14,15). The molecular weight excluding hydrogens is 270 g/mol. The normalized spacial score (nSPS) is 11.3. The summed E-state index contributed by atoms with van der Waals surface area (Å²) in [7, 11) is -3.96. The molecule has 0 aromatic carbocycles. The molecule has 7 nitrogen and oxygen atoms in total. The minimum atomic E-state index is -3.96. The average molecular weight is 281 g/mol. The molecule has 2 aromatic rings. The first-order valence-corrected chi connectivity index (χ1v) is 6.78. The second kappa shape index (κ2) is 4.82. The van der Waals surface area contributed by atoms with Crippen LogP contribution in [0.4, 0.5) is 5.82 Å². The van der Waals surface area contributed by atoms with Crippen molar-refractivity contribution >= 4 is 21.7 Å². The zero-order valence-corrected chi connectivity index (χ0v) is 10.8. The number of pyridine rings is 1. The Morgan fingerprint density at radius 3 is 2.68 bits per heavy atom. The Balaban J connectivity index is 2.22. The van der Waals surface area contributed by atoms with Gasteiger partial charge >= 0.3 is 0 Å². The van der Waals surface area contributed by atoms with E-state index in [1.807, 2.05) is 0 Å². The van der Waals surface area contributed by atoms with Gasteiger partial charge in [0.05, 0.1) is 0 Å². The first-order chi connectivity index (χ1) is 8.88. The quantitative estimate of drug-likeness (QED) is 0.866.